The van der Waals surface area contributed by atoms with Gasteiger partial charge in [-0.2, -0.15) is 5.10 Å². The molecule has 2 N–H and O–H groups in total. The van der Waals surface area contributed by atoms with E-state index in [4.69, 9.17) is 5.10 Å². The van der Waals surface area contributed by atoms with Gasteiger partial charge in [0.05, 0.1) is 11.4 Å². The van der Waals surface area contributed by atoms with Gasteiger partial charge in [-0.15, -0.1) is 0 Å². The molecule has 3 amide bonds. The molecule has 222 valence electrons. The summed E-state index contributed by atoms with van der Waals surface area (Å²) in [6.07, 6.45) is 8.57. The second-order valence-corrected chi connectivity index (χ2v) is 13.1. The number of carbonyl (C=O) groups excluding carboxylic acids is 2. The van der Waals surface area contributed by atoms with Gasteiger partial charge in [0.2, 0.25) is 0 Å². The summed E-state index contributed by atoms with van der Waals surface area (Å²) in [4.78, 5) is 32.4. The van der Waals surface area contributed by atoms with Gasteiger partial charge in [0, 0.05) is 47.2 Å². The van der Waals surface area contributed by atoms with Crippen molar-refractivity contribution in [2.45, 2.75) is 77.3 Å². The number of amides is 3. The molecule has 0 radical (unpaired) electrons. The van der Waals surface area contributed by atoms with E-state index in [-0.39, 0.29) is 17.4 Å². The monoisotopic (exact) mass is 576 g/mol. The van der Waals surface area contributed by atoms with Crippen LogP contribution >= 0.6 is 0 Å². The smallest absolute Gasteiger partial charge is 0.324 e. The van der Waals surface area contributed by atoms with E-state index in [2.05, 4.69) is 53.4 Å². The molecule has 2 bridgehead atoms. The molecule has 2 atom stereocenters. The number of urea groups is 1. The van der Waals surface area contributed by atoms with Crippen molar-refractivity contribution in [3.63, 3.8) is 0 Å². The van der Waals surface area contributed by atoms with Crippen LogP contribution in [0.4, 0.5) is 16.3 Å². The van der Waals surface area contributed by atoms with Gasteiger partial charge in [0.25, 0.3) is 5.91 Å². The predicted molar refractivity (Wildman–Crippen MR) is 170 cm³/mol. The molecule has 2 aliphatic heterocycles. The van der Waals surface area contributed by atoms with E-state index in [0.717, 1.165) is 60.3 Å². The van der Waals surface area contributed by atoms with E-state index in [1.165, 1.54) is 5.56 Å². The highest BCUT2D eigenvalue weighted by atomic mass is 16.2. The molecule has 2 aromatic carbocycles. The number of nitrogens with zero attached hydrogens (tertiary/aromatic N) is 4. The summed E-state index contributed by atoms with van der Waals surface area (Å²) in [5.74, 6) is 1.30. The van der Waals surface area contributed by atoms with Gasteiger partial charge < -0.3 is 10.2 Å². The van der Waals surface area contributed by atoms with Crippen LogP contribution in [0.1, 0.15) is 73.6 Å². The van der Waals surface area contributed by atoms with Crippen LogP contribution in [0.5, 0.6) is 0 Å². The van der Waals surface area contributed by atoms with Gasteiger partial charge in [-0.1, -0.05) is 50.6 Å². The zero-order chi connectivity index (χ0) is 30.1. The van der Waals surface area contributed by atoms with Crippen LogP contribution in [-0.2, 0) is 11.8 Å². The molecule has 4 aromatic rings. The average Bonchev–Trinajstić information content (AvgIpc) is 3.53. The molecule has 6 rings (SSSR count). The molecule has 0 spiro atoms. The van der Waals surface area contributed by atoms with Gasteiger partial charge >= 0.3 is 6.03 Å². The number of anilines is 2. The van der Waals surface area contributed by atoms with Gasteiger partial charge in [0.1, 0.15) is 5.82 Å². The number of carbonyl (C=O) groups is 2. The fourth-order valence-corrected chi connectivity index (χ4v) is 6.49. The summed E-state index contributed by atoms with van der Waals surface area (Å²) >= 11 is 0. The number of hydrogen-bond donors (Lipinski definition) is 2. The summed E-state index contributed by atoms with van der Waals surface area (Å²) in [6.45, 7) is 8.37. The maximum absolute atomic E-state index is 13.2. The minimum absolute atomic E-state index is 0.138. The molecule has 0 aliphatic carbocycles. The molecule has 4 heterocycles. The normalized spacial score (nSPS) is 19.7. The first-order valence-corrected chi connectivity index (χ1v) is 15.2. The number of benzene rings is 2. The Morgan fingerprint density at radius 3 is 2.16 bits per heavy atom. The fourth-order valence-electron chi connectivity index (χ4n) is 6.49. The molecule has 2 saturated heterocycles. The van der Waals surface area contributed by atoms with Crippen molar-refractivity contribution in [1.29, 1.82) is 0 Å². The number of aryl methyl sites for hydroxylation is 1. The van der Waals surface area contributed by atoms with Crippen LogP contribution in [-0.4, -0.2) is 43.7 Å². The van der Waals surface area contributed by atoms with Crippen molar-refractivity contribution >= 4 is 23.4 Å². The third-order valence-corrected chi connectivity index (χ3v) is 8.73. The van der Waals surface area contributed by atoms with Gasteiger partial charge in [-0.3, -0.25) is 15.1 Å². The SMILES string of the molecule is Cc1ccc(-n2nc(C(C)(C)C)cc2NC(=O)Nc2ccc(CC3CC4CCC(C3)N4C(=O)c3ccncc3)cc2)cc1. The Morgan fingerprint density at radius 1 is 0.884 bits per heavy atom. The third kappa shape index (κ3) is 6.33. The maximum atomic E-state index is 13.2. The van der Waals surface area contributed by atoms with E-state index in [0.29, 0.717) is 23.8 Å². The van der Waals surface area contributed by atoms with Crippen LogP contribution in [0.25, 0.3) is 5.69 Å². The van der Waals surface area contributed by atoms with E-state index < -0.39 is 0 Å². The predicted octanol–water partition coefficient (Wildman–Crippen LogP) is 7.14. The van der Waals surface area contributed by atoms with E-state index in [1.54, 1.807) is 17.1 Å². The lowest BCUT2D eigenvalue weighted by Gasteiger charge is -2.39. The highest BCUT2D eigenvalue weighted by Crippen LogP contribution is 2.40. The van der Waals surface area contributed by atoms with Crippen molar-refractivity contribution in [3.05, 3.63) is 102 Å². The zero-order valence-corrected chi connectivity index (χ0v) is 25.4. The molecule has 8 heteroatoms. The van der Waals surface area contributed by atoms with Crippen molar-refractivity contribution in [2.75, 3.05) is 10.6 Å². The third-order valence-electron chi connectivity index (χ3n) is 8.73. The molecule has 2 aromatic heterocycles. The number of pyridine rings is 1. The maximum Gasteiger partial charge on any atom is 0.324 e. The largest absolute Gasteiger partial charge is 0.333 e. The molecule has 43 heavy (non-hydrogen) atoms. The van der Waals surface area contributed by atoms with E-state index in [1.807, 2.05) is 61.5 Å². The molecule has 8 nitrogen and oxygen atoms in total. The molecular formula is C35H40N6O2. The minimum Gasteiger partial charge on any atom is -0.333 e. The molecule has 0 saturated carbocycles. The Balaban J connectivity index is 1.07. The number of nitrogens with one attached hydrogen (secondary N) is 2. The Kier molecular flexibility index (Phi) is 7.77. The first-order chi connectivity index (χ1) is 20.6. The lowest BCUT2D eigenvalue weighted by Crippen LogP contribution is -2.46. The molecule has 2 unspecified atom stereocenters. The van der Waals surface area contributed by atoms with Crippen LogP contribution in [0.2, 0.25) is 0 Å². The van der Waals surface area contributed by atoms with Gasteiger partial charge in [-0.05, 0) is 86.9 Å². The van der Waals surface area contributed by atoms with Crippen molar-refractivity contribution in [1.82, 2.24) is 19.7 Å². The summed E-state index contributed by atoms with van der Waals surface area (Å²) < 4.78 is 1.78. The number of piperidine rings is 1. The summed E-state index contributed by atoms with van der Waals surface area (Å²) in [5, 5.41) is 10.8. The van der Waals surface area contributed by atoms with Crippen LogP contribution in [0, 0.1) is 12.8 Å². The van der Waals surface area contributed by atoms with Crippen LogP contribution in [0.15, 0.2) is 79.1 Å². The van der Waals surface area contributed by atoms with Crippen LogP contribution < -0.4 is 10.6 Å². The van der Waals surface area contributed by atoms with Crippen molar-refractivity contribution in [3.8, 4) is 5.69 Å². The highest BCUT2D eigenvalue weighted by Gasteiger charge is 2.43. The molecular weight excluding hydrogens is 536 g/mol. The summed E-state index contributed by atoms with van der Waals surface area (Å²) in [6, 6.07) is 22.1. The second kappa shape index (κ2) is 11.7. The summed E-state index contributed by atoms with van der Waals surface area (Å²) in [5.41, 5.74) is 5.50. The van der Waals surface area contributed by atoms with Crippen molar-refractivity contribution in [2.24, 2.45) is 5.92 Å². The van der Waals surface area contributed by atoms with E-state index in [9.17, 15) is 9.59 Å². The topological polar surface area (TPSA) is 92.2 Å². The number of rotatable bonds is 6. The molecule has 2 aliphatic rings. The Labute approximate surface area is 253 Å². The van der Waals surface area contributed by atoms with Crippen LogP contribution in [0.3, 0.4) is 0 Å². The average molecular weight is 577 g/mol. The molecule has 2 fully saturated rings. The highest BCUT2D eigenvalue weighted by molar-refractivity contribution is 5.99. The Hall–Kier alpha value is -4.46. The van der Waals surface area contributed by atoms with Gasteiger partial charge in [0.15, 0.2) is 0 Å². The Bertz CT molecular complexity index is 1570. The van der Waals surface area contributed by atoms with Gasteiger partial charge in [-0.25, -0.2) is 9.48 Å². The zero-order valence-electron chi connectivity index (χ0n) is 25.4. The number of aromatic nitrogens is 3. The number of hydrogen-bond acceptors (Lipinski definition) is 4. The first kappa shape index (κ1) is 28.6. The second-order valence-electron chi connectivity index (χ2n) is 13.1. The van der Waals surface area contributed by atoms with Crippen molar-refractivity contribution < 1.29 is 9.59 Å². The standard InChI is InChI=1S/C35H40N6O2/c1-23-5-11-28(12-6-23)41-32(22-31(39-41)35(2,3)4)38-34(43)37-27-9-7-24(8-10-27)19-25-20-29-13-14-30(21-25)40(29)33(42)26-15-17-36-18-16-26/h5-12,15-18,22,25,29-30H,13-14,19-21H2,1-4H3,(H2,37,38,43). The minimum atomic E-state index is -0.315. The Morgan fingerprint density at radius 2 is 1.53 bits per heavy atom. The lowest BCUT2D eigenvalue weighted by atomic mass is 9.85. The van der Waals surface area contributed by atoms with E-state index >= 15 is 0 Å². The quantitative estimate of drug-likeness (QED) is 0.255. The summed E-state index contributed by atoms with van der Waals surface area (Å²) in [7, 11) is 0. The number of fused-ring (bicyclic) bond motifs is 2. The fraction of sp³-hybridized carbons (Fsp3) is 0.371. The lowest BCUT2D eigenvalue weighted by molar-refractivity contribution is 0.0524. The first-order valence-electron chi connectivity index (χ1n) is 15.2.